The lowest BCUT2D eigenvalue weighted by Gasteiger charge is -2.05. The Morgan fingerprint density at radius 3 is 2.68 bits per heavy atom. The maximum Gasteiger partial charge on any atom is 0.0987 e. The molecule has 0 bridgehead atoms. The van der Waals surface area contributed by atoms with Crippen LogP contribution in [0.1, 0.15) is 22.1 Å². The van der Waals surface area contributed by atoms with Crippen molar-refractivity contribution in [3.8, 4) is 0 Å². The highest BCUT2D eigenvalue weighted by Gasteiger charge is 2.23. The van der Waals surface area contributed by atoms with E-state index in [4.69, 9.17) is 0 Å². The average molecular weight is 264 g/mol. The van der Waals surface area contributed by atoms with Crippen LogP contribution in [0.3, 0.4) is 0 Å². The van der Waals surface area contributed by atoms with Crippen molar-refractivity contribution >= 4 is 27.7 Å². The second kappa shape index (κ2) is 4.05. The maximum absolute atomic E-state index is 10.2. The Balaban J connectivity index is 1.97. The van der Waals surface area contributed by atoms with Crippen LogP contribution in [0.5, 0.6) is 0 Å². The number of fused-ring (bicyclic) bond motifs is 2. The zero-order valence-corrected chi connectivity index (χ0v) is 11.0. The van der Waals surface area contributed by atoms with Gasteiger partial charge < -0.3 is 5.11 Å². The monoisotopic (exact) mass is 264 g/mol. The Hall–Kier alpha value is -1.90. The first kappa shape index (κ1) is 11.0. The standard InChI is InChI=1S/C17H12OS/c18-16-9-15(13-7-3-4-8-14(13)16)17-12-6-2-1-5-11(12)10-19-17/h1-10,16,18H. The SMILES string of the molecule is OC1C=C(c2scc3ccccc23)c2ccccc21. The molecule has 1 nitrogen and oxygen atoms in total. The van der Waals surface area contributed by atoms with Crippen LogP contribution in [-0.2, 0) is 0 Å². The van der Waals surface area contributed by atoms with Crippen molar-refractivity contribution in [3.63, 3.8) is 0 Å². The smallest absolute Gasteiger partial charge is 0.0987 e. The van der Waals surface area contributed by atoms with Crippen molar-refractivity contribution in [1.82, 2.24) is 0 Å². The first-order valence-corrected chi connectivity index (χ1v) is 7.18. The zero-order valence-electron chi connectivity index (χ0n) is 10.2. The van der Waals surface area contributed by atoms with Crippen molar-refractivity contribution in [3.05, 3.63) is 76.0 Å². The van der Waals surface area contributed by atoms with E-state index in [1.807, 2.05) is 24.3 Å². The molecule has 4 rings (SSSR count). The molecule has 1 aromatic heterocycles. The van der Waals surface area contributed by atoms with Gasteiger partial charge in [-0.1, -0.05) is 48.5 Å². The minimum Gasteiger partial charge on any atom is -0.384 e. The van der Waals surface area contributed by atoms with Crippen LogP contribution >= 0.6 is 11.3 Å². The van der Waals surface area contributed by atoms with Gasteiger partial charge in [0.2, 0.25) is 0 Å². The van der Waals surface area contributed by atoms with Crippen molar-refractivity contribution < 1.29 is 5.11 Å². The van der Waals surface area contributed by atoms with E-state index in [1.165, 1.54) is 15.6 Å². The summed E-state index contributed by atoms with van der Waals surface area (Å²) in [6, 6.07) is 16.5. The summed E-state index contributed by atoms with van der Waals surface area (Å²) in [5.74, 6) is 0. The number of rotatable bonds is 1. The van der Waals surface area contributed by atoms with Crippen LogP contribution in [0.25, 0.3) is 16.3 Å². The summed E-state index contributed by atoms with van der Waals surface area (Å²) in [5.41, 5.74) is 3.33. The van der Waals surface area contributed by atoms with Gasteiger partial charge in [-0.25, -0.2) is 0 Å². The molecule has 1 aliphatic rings. The Labute approximate surface area is 115 Å². The molecular formula is C17H12OS. The van der Waals surface area contributed by atoms with E-state index in [1.54, 1.807) is 11.3 Å². The van der Waals surface area contributed by atoms with E-state index in [0.29, 0.717) is 0 Å². The summed E-state index contributed by atoms with van der Waals surface area (Å²) in [5, 5.41) is 14.9. The van der Waals surface area contributed by atoms with Crippen molar-refractivity contribution in [1.29, 1.82) is 0 Å². The molecule has 92 valence electrons. The largest absolute Gasteiger partial charge is 0.384 e. The van der Waals surface area contributed by atoms with Crippen LogP contribution in [-0.4, -0.2) is 5.11 Å². The number of hydrogen-bond donors (Lipinski definition) is 1. The van der Waals surface area contributed by atoms with Gasteiger partial charge >= 0.3 is 0 Å². The van der Waals surface area contributed by atoms with E-state index in [0.717, 1.165) is 16.7 Å². The molecule has 0 spiro atoms. The van der Waals surface area contributed by atoms with Gasteiger partial charge in [-0.05, 0) is 33.5 Å². The lowest BCUT2D eigenvalue weighted by molar-refractivity contribution is 0.232. The van der Waals surface area contributed by atoms with Crippen molar-refractivity contribution in [2.45, 2.75) is 6.10 Å². The van der Waals surface area contributed by atoms with E-state index < -0.39 is 6.10 Å². The molecule has 0 saturated heterocycles. The topological polar surface area (TPSA) is 20.2 Å². The molecule has 1 unspecified atom stereocenters. The summed E-state index contributed by atoms with van der Waals surface area (Å²) < 4.78 is 0. The Bertz CT molecular complexity index is 798. The van der Waals surface area contributed by atoms with Crippen LogP contribution in [0, 0.1) is 0 Å². The zero-order chi connectivity index (χ0) is 12.8. The van der Waals surface area contributed by atoms with Crippen molar-refractivity contribution in [2.24, 2.45) is 0 Å². The Kier molecular flexibility index (Phi) is 2.34. The van der Waals surface area contributed by atoms with E-state index in [9.17, 15) is 5.11 Å². The molecule has 0 saturated carbocycles. The Morgan fingerprint density at radius 1 is 0.947 bits per heavy atom. The average Bonchev–Trinajstić information content (AvgIpc) is 3.01. The minimum atomic E-state index is -0.480. The van der Waals surface area contributed by atoms with E-state index in [-0.39, 0.29) is 0 Å². The van der Waals surface area contributed by atoms with Crippen LogP contribution in [0.2, 0.25) is 0 Å². The fourth-order valence-electron chi connectivity index (χ4n) is 2.74. The molecule has 2 heteroatoms. The van der Waals surface area contributed by atoms with Crippen LogP contribution < -0.4 is 0 Å². The molecule has 0 aliphatic heterocycles. The fraction of sp³-hybridized carbons (Fsp3) is 0.0588. The number of benzene rings is 2. The summed E-state index contributed by atoms with van der Waals surface area (Å²) in [4.78, 5) is 1.25. The molecular weight excluding hydrogens is 252 g/mol. The first-order valence-electron chi connectivity index (χ1n) is 6.30. The maximum atomic E-state index is 10.2. The summed E-state index contributed by atoms with van der Waals surface area (Å²) in [6.45, 7) is 0. The van der Waals surface area contributed by atoms with Gasteiger partial charge in [-0.2, -0.15) is 0 Å². The lowest BCUT2D eigenvalue weighted by atomic mass is 10.0. The second-order valence-electron chi connectivity index (χ2n) is 4.76. The Morgan fingerprint density at radius 2 is 1.74 bits per heavy atom. The molecule has 3 aromatic rings. The molecule has 0 radical (unpaired) electrons. The lowest BCUT2D eigenvalue weighted by Crippen LogP contribution is -1.89. The predicted molar refractivity (Wildman–Crippen MR) is 80.3 cm³/mol. The summed E-state index contributed by atoms with van der Waals surface area (Å²) >= 11 is 1.75. The number of hydrogen-bond acceptors (Lipinski definition) is 2. The summed E-state index contributed by atoms with van der Waals surface area (Å²) in [7, 11) is 0. The number of aliphatic hydroxyl groups is 1. The van der Waals surface area contributed by atoms with Crippen molar-refractivity contribution in [2.75, 3.05) is 0 Å². The highest BCUT2D eigenvalue weighted by molar-refractivity contribution is 7.13. The van der Waals surface area contributed by atoms with Gasteiger partial charge in [0.05, 0.1) is 6.10 Å². The van der Waals surface area contributed by atoms with Crippen LogP contribution in [0.4, 0.5) is 0 Å². The van der Waals surface area contributed by atoms with E-state index >= 15 is 0 Å². The highest BCUT2D eigenvalue weighted by atomic mass is 32.1. The quantitative estimate of drug-likeness (QED) is 0.691. The van der Waals surface area contributed by atoms with Gasteiger partial charge in [0.25, 0.3) is 0 Å². The van der Waals surface area contributed by atoms with Gasteiger partial charge in [-0.15, -0.1) is 11.3 Å². The highest BCUT2D eigenvalue weighted by Crippen LogP contribution is 2.42. The minimum absolute atomic E-state index is 0.480. The predicted octanol–water partition coefficient (Wildman–Crippen LogP) is 4.38. The third-order valence-corrected chi connectivity index (χ3v) is 4.70. The van der Waals surface area contributed by atoms with Crippen LogP contribution in [0.15, 0.2) is 60.0 Å². The molecule has 1 N–H and O–H groups in total. The number of thiophene rings is 1. The molecule has 1 atom stereocenters. The third-order valence-electron chi connectivity index (χ3n) is 3.65. The summed E-state index contributed by atoms with van der Waals surface area (Å²) in [6.07, 6.45) is 1.48. The van der Waals surface area contributed by atoms with Gasteiger partial charge in [0, 0.05) is 10.3 Å². The fourth-order valence-corrected chi connectivity index (χ4v) is 3.80. The normalized spacial score (nSPS) is 17.5. The van der Waals surface area contributed by atoms with Gasteiger partial charge in [0.15, 0.2) is 0 Å². The number of aliphatic hydroxyl groups excluding tert-OH is 1. The molecule has 0 amide bonds. The third kappa shape index (κ3) is 1.57. The first-order chi connectivity index (χ1) is 9.34. The molecule has 2 aromatic carbocycles. The molecule has 1 aliphatic carbocycles. The van der Waals surface area contributed by atoms with Gasteiger partial charge in [0.1, 0.15) is 0 Å². The molecule has 0 fully saturated rings. The van der Waals surface area contributed by atoms with E-state index in [2.05, 4.69) is 35.7 Å². The molecule has 1 heterocycles. The van der Waals surface area contributed by atoms with Gasteiger partial charge in [-0.3, -0.25) is 0 Å². The second-order valence-corrected chi connectivity index (χ2v) is 5.64. The molecule has 19 heavy (non-hydrogen) atoms.